The molecule has 1 amide bonds. The molecule has 2 aromatic rings. The van der Waals surface area contributed by atoms with Crippen molar-refractivity contribution in [2.75, 3.05) is 32.1 Å². The molecular formula is C22H29IN4O2. The van der Waals surface area contributed by atoms with Crippen LogP contribution in [0.1, 0.15) is 30.4 Å². The lowest BCUT2D eigenvalue weighted by Crippen LogP contribution is -2.40. The first-order valence-corrected chi connectivity index (χ1v) is 9.71. The smallest absolute Gasteiger partial charge is 0.411 e. The number of amides is 1. The predicted octanol–water partition coefficient (Wildman–Crippen LogP) is 4.44. The number of nitrogens with one attached hydrogen (secondary N) is 2. The number of anilines is 1. The predicted molar refractivity (Wildman–Crippen MR) is 128 cm³/mol. The lowest BCUT2D eigenvalue weighted by atomic mass is 9.99. The summed E-state index contributed by atoms with van der Waals surface area (Å²) in [6.45, 7) is 5.51. The van der Waals surface area contributed by atoms with Crippen LogP contribution in [-0.2, 0) is 11.3 Å². The van der Waals surface area contributed by atoms with E-state index in [1.54, 1.807) is 0 Å². The zero-order valence-electron chi connectivity index (χ0n) is 16.9. The molecule has 29 heavy (non-hydrogen) atoms. The zero-order chi connectivity index (χ0) is 19.8. The Morgan fingerprint density at radius 1 is 1.17 bits per heavy atom. The van der Waals surface area contributed by atoms with Gasteiger partial charge in [-0.1, -0.05) is 42.5 Å². The van der Waals surface area contributed by atoms with Gasteiger partial charge in [0.15, 0.2) is 5.96 Å². The number of carbonyl (C=O) groups is 1. The van der Waals surface area contributed by atoms with Crippen molar-refractivity contribution in [3.63, 3.8) is 0 Å². The van der Waals surface area contributed by atoms with Crippen LogP contribution in [0.25, 0.3) is 0 Å². The lowest BCUT2D eigenvalue weighted by molar-refractivity contribution is 0.187. The minimum Gasteiger partial charge on any atom is -0.453 e. The second-order valence-corrected chi connectivity index (χ2v) is 6.83. The highest BCUT2D eigenvalue weighted by molar-refractivity contribution is 14.0. The van der Waals surface area contributed by atoms with Crippen LogP contribution >= 0.6 is 24.0 Å². The standard InChI is InChI=1S/C22H28N4O2.HI/c1-3-23-21(26-14-13-19(16-26)18-7-5-4-6-8-18)24-15-17-9-11-20(12-10-17)25-22(27)28-2;/h4-12,19H,3,13-16H2,1-2H3,(H,23,24)(H,25,27);1H. The highest BCUT2D eigenvalue weighted by Crippen LogP contribution is 2.27. The first-order chi connectivity index (χ1) is 13.7. The molecule has 0 bridgehead atoms. The first kappa shape index (κ1) is 23.0. The van der Waals surface area contributed by atoms with E-state index in [-0.39, 0.29) is 24.0 Å². The summed E-state index contributed by atoms with van der Waals surface area (Å²) in [7, 11) is 1.35. The topological polar surface area (TPSA) is 66.0 Å². The average Bonchev–Trinajstić information content (AvgIpc) is 3.23. The molecule has 3 rings (SSSR count). The molecular weight excluding hydrogens is 479 g/mol. The van der Waals surface area contributed by atoms with Gasteiger partial charge in [0.2, 0.25) is 0 Å². The summed E-state index contributed by atoms with van der Waals surface area (Å²) in [6, 6.07) is 18.3. The van der Waals surface area contributed by atoms with Crippen molar-refractivity contribution in [1.82, 2.24) is 10.2 Å². The number of rotatable bonds is 5. The number of aliphatic imine (C=N–C) groups is 1. The van der Waals surface area contributed by atoms with Crippen molar-refractivity contribution in [3.05, 3.63) is 65.7 Å². The van der Waals surface area contributed by atoms with Crippen LogP contribution in [0.2, 0.25) is 0 Å². The number of nitrogens with zero attached hydrogens (tertiary/aromatic N) is 2. The molecule has 6 nitrogen and oxygen atoms in total. The maximum atomic E-state index is 11.3. The fourth-order valence-corrected chi connectivity index (χ4v) is 3.40. The Morgan fingerprint density at radius 3 is 2.55 bits per heavy atom. The van der Waals surface area contributed by atoms with Crippen LogP contribution in [0.15, 0.2) is 59.6 Å². The van der Waals surface area contributed by atoms with Gasteiger partial charge < -0.3 is 15.0 Å². The fraction of sp³-hybridized carbons (Fsp3) is 0.364. The summed E-state index contributed by atoms with van der Waals surface area (Å²) in [4.78, 5) is 18.4. The molecule has 7 heteroatoms. The third-order valence-corrected chi connectivity index (χ3v) is 4.89. The molecule has 0 aliphatic carbocycles. The molecule has 1 fully saturated rings. The van der Waals surface area contributed by atoms with Crippen molar-refractivity contribution < 1.29 is 9.53 Å². The summed E-state index contributed by atoms with van der Waals surface area (Å²) in [5.41, 5.74) is 3.19. The van der Waals surface area contributed by atoms with E-state index in [1.807, 2.05) is 24.3 Å². The number of likely N-dealkylation sites (tertiary alicyclic amines) is 1. The minimum atomic E-state index is -0.470. The van der Waals surface area contributed by atoms with Gasteiger partial charge in [0, 0.05) is 31.2 Å². The number of benzene rings is 2. The first-order valence-electron chi connectivity index (χ1n) is 9.71. The number of carbonyl (C=O) groups excluding carboxylic acids is 1. The summed E-state index contributed by atoms with van der Waals surface area (Å²) < 4.78 is 4.60. The molecule has 1 heterocycles. The summed E-state index contributed by atoms with van der Waals surface area (Å²) in [5.74, 6) is 1.51. The summed E-state index contributed by atoms with van der Waals surface area (Å²) >= 11 is 0. The molecule has 1 unspecified atom stereocenters. The molecule has 0 aromatic heterocycles. The van der Waals surface area contributed by atoms with Crippen LogP contribution in [0.5, 0.6) is 0 Å². The van der Waals surface area contributed by atoms with Crippen LogP contribution in [-0.4, -0.2) is 43.7 Å². The van der Waals surface area contributed by atoms with Gasteiger partial charge in [0.1, 0.15) is 0 Å². The van der Waals surface area contributed by atoms with Gasteiger partial charge in [-0.3, -0.25) is 5.32 Å². The van der Waals surface area contributed by atoms with E-state index >= 15 is 0 Å². The second kappa shape index (κ2) is 11.6. The molecule has 1 saturated heterocycles. The normalized spacial score (nSPS) is 16.1. The summed E-state index contributed by atoms with van der Waals surface area (Å²) in [5, 5.41) is 6.07. The van der Waals surface area contributed by atoms with Crippen molar-refractivity contribution in [1.29, 1.82) is 0 Å². The maximum absolute atomic E-state index is 11.3. The number of hydrogen-bond acceptors (Lipinski definition) is 3. The highest BCUT2D eigenvalue weighted by Gasteiger charge is 2.25. The lowest BCUT2D eigenvalue weighted by Gasteiger charge is -2.22. The van der Waals surface area contributed by atoms with Gasteiger partial charge in [-0.05, 0) is 36.6 Å². The number of ether oxygens (including phenoxy) is 1. The summed E-state index contributed by atoms with van der Waals surface area (Å²) in [6.07, 6.45) is 0.671. The monoisotopic (exact) mass is 508 g/mol. The molecule has 1 aliphatic heterocycles. The Kier molecular flexibility index (Phi) is 9.24. The fourth-order valence-electron chi connectivity index (χ4n) is 3.40. The van der Waals surface area contributed by atoms with Gasteiger partial charge in [0.05, 0.1) is 13.7 Å². The van der Waals surface area contributed by atoms with Crippen molar-refractivity contribution >= 4 is 41.7 Å². The Balaban J connectivity index is 0.00000300. The second-order valence-electron chi connectivity index (χ2n) is 6.83. The van der Waals surface area contributed by atoms with Crippen LogP contribution in [0, 0.1) is 0 Å². The Hall–Kier alpha value is -2.29. The molecule has 1 atom stereocenters. The molecule has 0 saturated carbocycles. The van der Waals surface area contributed by atoms with Crippen molar-refractivity contribution in [3.8, 4) is 0 Å². The van der Waals surface area contributed by atoms with E-state index in [1.165, 1.54) is 12.7 Å². The number of methoxy groups -OCH3 is 1. The van der Waals surface area contributed by atoms with Crippen LogP contribution in [0.4, 0.5) is 10.5 Å². The SMILES string of the molecule is CCNC(=NCc1ccc(NC(=O)OC)cc1)N1CCC(c2ccccc2)C1.I. The van der Waals surface area contributed by atoms with Gasteiger partial charge in [-0.2, -0.15) is 0 Å². The highest BCUT2D eigenvalue weighted by atomic mass is 127. The average molecular weight is 508 g/mol. The van der Waals surface area contributed by atoms with E-state index in [0.717, 1.165) is 37.6 Å². The third-order valence-electron chi connectivity index (χ3n) is 4.89. The van der Waals surface area contributed by atoms with E-state index in [9.17, 15) is 4.79 Å². The molecule has 2 N–H and O–H groups in total. The molecule has 2 aromatic carbocycles. The molecule has 156 valence electrons. The van der Waals surface area contributed by atoms with Crippen molar-refractivity contribution in [2.24, 2.45) is 4.99 Å². The molecule has 0 radical (unpaired) electrons. The van der Waals surface area contributed by atoms with Crippen LogP contribution in [0.3, 0.4) is 0 Å². The quantitative estimate of drug-likeness (QED) is 0.356. The van der Waals surface area contributed by atoms with Gasteiger partial charge in [-0.25, -0.2) is 9.79 Å². The Morgan fingerprint density at radius 2 is 1.90 bits per heavy atom. The maximum Gasteiger partial charge on any atom is 0.411 e. The number of halogens is 1. The minimum absolute atomic E-state index is 0. The van der Waals surface area contributed by atoms with Crippen molar-refractivity contribution in [2.45, 2.75) is 25.8 Å². The van der Waals surface area contributed by atoms with Crippen LogP contribution < -0.4 is 10.6 Å². The van der Waals surface area contributed by atoms with E-state index in [0.29, 0.717) is 18.2 Å². The largest absolute Gasteiger partial charge is 0.453 e. The van der Waals surface area contributed by atoms with Gasteiger partial charge in [-0.15, -0.1) is 24.0 Å². The number of hydrogen-bond donors (Lipinski definition) is 2. The van der Waals surface area contributed by atoms with Gasteiger partial charge >= 0.3 is 6.09 Å². The van der Waals surface area contributed by atoms with Gasteiger partial charge in [0.25, 0.3) is 0 Å². The zero-order valence-corrected chi connectivity index (χ0v) is 19.3. The molecule has 0 spiro atoms. The Bertz CT molecular complexity index is 796. The Labute approximate surface area is 189 Å². The molecule has 1 aliphatic rings. The number of guanidine groups is 1. The van der Waals surface area contributed by atoms with E-state index < -0.39 is 6.09 Å². The van der Waals surface area contributed by atoms with E-state index in [2.05, 4.69) is 57.5 Å². The van der Waals surface area contributed by atoms with E-state index in [4.69, 9.17) is 4.99 Å². The third kappa shape index (κ3) is 6.62.